The van der Waals surface area contributed by atoms with Crippen LogP contribution in [-0.2, 0) is 19.2 Å². The summed E-state index contributed by atoms with van der Waals surface area (Å²) < 4.78 is 46.0. The fourth-order valence-electron chi connectivity index (χ4n) is 3.81. The lowest BCUT2D eigenvalue weighted by Gasteiger charge is -2.35. The minimum Gasteiger partial charge on any atom is -0.459 e. The Balaban J connectivity index is 2.21. The van der Waals surface area contributed by atoms with Crippen molar-refractivity contribution in [3.8, 4) is 0 Å². The van der Waals surface area contributed by atoms with E-state index in [9.17, 15) is 22.8 Å². The van der Waals surface area contributed by atoms with Gasteiger partial charge in [0.2, 0.25) is 0 Å². The van der Waals surface area contributed by atoms with Crippen LogP contribution in [-0.4, -0.2) is 35.8 Å². The molecule has 1 fully saturated rings. The molecular weight excluding hydrogens is 363 g/mol. The molecule has 1 saturated carbocycles. The number of oxime groups is 1. The van der Waals surface area contributed by atoms with Gasteiger partial charge < -0.3 is 9.57 Å². The summed E-state index contributed by atoms with van der Waals surface area (Å²) in [4.78, 5) is 30.7. The average molecular weight is 383 g/mol. The Kier molecular flexibility index (Phi) is 4.56. The zero-order valence-electron chi connectivity index (χ0n) is 15.2. The lowest BCUT2D eigenvalue weighted by Crippen LogP contribution is -2.51. The lowest BCUT2D eigenvalue weighted by molar-refractivity contribution is -0.194. The molecule has 0 radical (unpaired) electrons. The molecule has 1 aliphatic carbocycles. The zero-order chi connectivity index (χ0) is 20.0. The van der Waals surface area contributed by atoms with E-state index in [0.29, 0.717) is 5.56 Å². The second-order valence-electron chi connectivity index (χ2n) is 7.86. The van der Waals surface area contributed by atoms with E-state index in [1.54, 1.807) is 51.1 Å². The molecule has 1 aromatic rings. The Morgan fingerprint density at radius 1 is 1.19 bits per heavy atom. The number of alkyl halides is 3. The molecular formula is C19H20F3NO4. The second kappa shape index (κ2) is 6.35. The highest BCUT2D eigenvalue weighted by atomic mass is 19.4. The molecule has 1 aromatic carbocycles. The van der Waals surface area contributed by atoms with Gasteiger partial charge in [0.15, 0.2) is 0 Å². The molecule has 5 nitrogen and oxygen atoms in total. The van der Waals surface area contributed by atoms with Gasteiger partial charge in [0.1, 0.15) is 17.6 Å². The molecule has 0 N–H and O–H groups in total. The third-order valence-corrected chi connectivity index (χ3v) is 4.78. The summed E-state index contributed by atoms with van der Waals surface area (Å²) in [5.74, 6) is -5.01. The first-order valence-corrected chi connectivity index (χ1v) is 8.56. The van der Waals surface area contributed by atoms with Crippen LogP contribution < -0.4 is 0 Å². The van der Waals surface area contributed by atoms with Gasteiger partial charge in [0.25, 0.3) is 5.78 Å². The molecule has 0 spiro atoms. The largest absolute Gasteiger partial charge is 0.459 e. The normalized spacial score (nSPS) is 27.6. The van der Waals surface area contributed by atoms with Crippen LogP contribution in [0.3, 0.4) is 0 Å². The maximum atomic E-state index is 13.6. The molecule has 0 aromatic heterocycles. The third kappa shape index (κ3) is 3.33. The Morgan fingerprint density at radius 2 is 1.81 bits per heavy atom. The lowest BCUT2D eigenvalue weighted by atomic mass is 9.70. The third-order valence-electron chi connectivity index (χ3n) is 4.78. The predicted octanol–water partition coefficient (Wildman–Crippen LogP) is 3.64. The van der Waals surface area contributed by atoms with E-state index in [4.69, 9.17) is 9.57 Å². The molecule has 1 heterocycles. The van der Waals surface area contributed by atoms with Crippen molar-refractivity contribution in [1.29, 1.82) is 0 Å². The van der Waals surface area contributed by atoms with Crippen molar-refractivity contribution in [2.75, 3.05) is 6.61 Å². The van der Waals surface area contributed by atoms with Gasteiger partial charge in [0.05, 0.1) is 5.71 Å². The van der Waals surface area contributed by atoms with E-state index in [2.05, 4.69) is 5.16 Å². The molecule has 3 atom stereocenters. The van der Waals surface area contributed by atoms with Crippen LogP contribution in [0.1, 0.15) is 38.7 Å². The summed E-state index contributed by atoms with van der Waals surface area (Å²) in [6, 6.07) is 8.13. The Bertz CT molecular complexity index is 782. The maximum Gasteiger partial charge on any atom is 0.451 e. The fourth-order valence-corrected chi connectivity index (χ4v) is 3.81. The van der Waals surface area contributed by atoms with Crippen molar-refractivity contribution in [3.63, 3.8) is 0 Å². The van der Waals surface area contributed by atoms with Crippen LogP contribution in [0.25, 0.3) is 0 Å². The highest BCUT2D eigenvalue weighted by molar-refractivity contribution is 6.16. The maximum absolute atomic E-state index is 13.6. The van der Waals surface area contributed by atoms with Crippen molar-refractivity contribution in [2.24, 2.45) is 16.5 Å². The number of ether oxygens (including phenoxy) is 1. The van der Waals surface area contributed by atoms with Crippen LogP contribution in [0.15, 0.2) is 35.5 Å². The Morgan fingerprint density at radius 3 is 2.37 bits per heavy atom. The minimum absolute atomic E-state index is 0.0361. The number of rotatable bonds is 3. The van der Waals surface area contributed by atoms with Crippen LogP contribution in [0.5, 0.6) is 0 Å². The number of benzene rings is 1. The van der Waals surface area contributed by atoms with E-state index in [1.807, 2.05) is 0 Å². The number of nitrogens with zero attached hydrogens (tertiary/aromatic N) is 1. The number of esters is 1. The smallest absolute Gasteiger partial charge is 0.451 e. The van der Waals surface area contributed by atoms with E-state index in [1.165, 1.54) is 0 Å². The minimum atomic E-state index is -5.19. The Labute approximate surface area is 154 Å². The predicted molar refractivity (Wildman–Crippen MR) is 90.0 cm³/mol. The molecule has 2 aliphatic rings. The molecule has 146 valence electrons. The topological polar surface area (TPSA) is 65.0 Å². The summed E-state index contributed by atoms with van der Waals surface area (Å²) in [6.07, 6.45) is -5.54. The number of hydrogen-bond donors (Lipinski definition) is 0. The highest BCUT2D eigenvalue weighted by Crippen LogP contribution is 2.55. The average Bonchev–Trinajstić information content (AvgIpc) is 3.11. The van der Waals surface area contributed by atoms with E-state index in [-0.39, 0.29) is 18.7 Å². The number of carbonyl (C=O) groups is 2. The van der Waals surface area contributed by atoms with Crippen molar-refractivity contribution in [3.05, 3.63) is 35.9 Å². The molecule has 1 aliphatic heterocycles. The summed E-state index contributed by atoms with van der Waals surface area (Å²) >= 11 is 0. The molecule has 0 bridgehead atoms. The standard InChI is InChI=1S/C19H20F3NO4/c1-17(2,3)27-16(25)18(15(24)19(20,21)22)9-12-10-26-23-14(12)13(18)11-7-5-4-6-8-11/h4-8,12-13H,9-10H2,1-3H3. The van der Waals surface area contributed by atoms with Gasteiger partial charge in [-0.15, -0.1) is 0 Å². The molecule has 3 unspecified atom stereocenters. The second-order valence-corrected chi connectivity index (χ2v) is 7.86. The summed E-state index contributed by atoms with van der Waals surface area (Å²) in [5, 5.41) is 3.88. The number of carbonyl (C=O) groups excluding carboxylic acids is 2. The molecule has 27 heavy (non-hydrogen) atoms. The molecule has 3 rings (SSSR count). The van der Waals surface area contributed by atoms with Crippen molar-refractivity contribution >= 4 is 17.5 Å². The van der Waals surface area contributed by atoms with Gasteiger partial charge in [0, 0.05) is 11.8 Å². The first kappa shape index (κ1) is 19.4. The summed E-state index contributed by atoms with van der Waals surface area (Å²) in [6.45, 7) is 4.67. The number of Topliss-reactive ketones (excluding diaryl/α,β-unsaturated/α-hetero) is 1. The van der Waals surface area contributed by atoms with E-state index in [0.717, 1.165) is 0 Å². The Hall–Kier alpha value is -2.38. The fraction of sp³-hybridized carbons (Fsp3) is 0.526. The first-order chi connectivity index (χ1) is 12.5. The van der Waals surface area contributed by atoms with Crippen LogP contribution in [0.2, 0.25) is 0 Å². The summed E-state index contributed by atoms with van der Waals surface area (Å²) in [7, 11) is 0. The van der Waals surface area contributed by atoms with Gasteiger partial charge in [-0.25, -0.2) is 0 Å². The molecule has 0 amide bonds. The van der Waals surface area contributed by atoms with Gasteiger partial charge in [-0.2, -0.15) is 13.2 Å². The van der Waals surface area contributed by atoms with Gasteiger partial charge in [-0.1, -0.05) is 35.5 Å². The number of hydrogen-bond acceptors (Lipinski definition) is 5. The van der Waals surface area contributed by atoms with Crippen LogP contribution in [0, 0.1) is 11.3 Å². The van der Waals surface area contributed by atoms with Crippen molar-refractivity contribution < 1.29 is 32.3 Å². The summed E-state index contributed by atoms with van der Waals surface area (Å²) in [5.41, 5.74) is -2.79. The monoisotopic (exact) mass is 383 g/mol. The molecule has 8 heteroatoms. The van der Waals surface area contributed by atoms with Gasteiger partial charge >= 0.3 is 12.1 Å². The number of halogens is 3. The van der Waals surface area contributed by atoms with Crippen LogP contribution in [0.4, 0.5) is 13.2 Å². The first-order valence-electron chi connectivity index (χ1n) is 8.56. The quantitative estimate of drug-likeness (QED) is 0.591. The van der Waals surface area contributed by atoms with Crippen molar-refractivity contribution in [1.82, 2.24) is 0 Å². The van der Waals surface area contributed by atoms with Crippen molar-refractivity contribution in [2.45, 2.75) is 44.9 Å². The van der Waals surface area contributed by atoms with E-state index < -0.39 is 40.8 Å². The van der Waals surface area contributed by atoms with Gasteiger partial charge in [-0.3, -0.25) is 9.59 Å². The molecule has 0 saturated heterocycles. The van der Waals surface area contributed by atoms with Crippen LogP contribution >= 0.6 is 0 Å². The van der Waals surface area contributed by atoms with E-state index >= 15 is 0 Å². The highest BCUT2D eigenvalue weighted by Gasteiger charge is 2.69. The zero-order valence-corrected chi connectivity index (χ0v) is 15.2. The number of ketones is 1. The van der Waals surface area contributed by atoms with Gasteiger partial charge in [-0.05, 0) is 32.8 Å². The number of fused-ring (bicyclic) bond motifs is 1. The SMILES string of the molecule is CC(C)(C)OC(=O)C1(C(=O)C(F)(F)F)CC2CON=C2C1c1ccccc1.